The van der Waals surface area contributed by atoms with Gasteiger partial charge in [0.15, 0.2) is 0 Å². The van der Waals surface area contributed by atoms with E-state index < -0.39 is 5.60 Å². The number of carbonyl (C=O) groups is 1. The third-order valence-electron chi connectivity index (χ3n) is 3.28. The zero-order valence-corrected chi connectivity index (χ0v) is 12.1. The molecule has 1 N–H and O–H groups in total. The van der Waals surface area contributed by atoms with Crippen LogP contribution in [0.15, 0.2) is 0 Å². The normalized spacial score (nSPS) is 24.6. The predicted molar refractivity (Wildman–Crippen MR) is 71.3 cm³/mol. The van der Waals surface area contributed by atoms with Crippen molar-refractivity contribution in [3.63, 3.8) is 0 Å². The number of hydrogen-bond acceptors (Lipinski definition) is 4. The Bertz CT molecular complexity index is 273. The zero-order chi connectivity index (χ0) is 13.8. The number of aliphatic hydroxyl groups is 1. The molecule has 0 amide bonds. The lowest BCUT2D eigenvalue weighted by Crippen LogP contribution is -2.32. The van der Waals surface area contributed by atoms with Crippen LogP contribution in [-0.4, -0.2) is 47.8 Å². The van der Waals surface area contributed by atoms with Gasteiger partial charge in [-0.05, 0) is 46.6 Å². The van der Waals surface area contributed by atoms with E-state index in [0.717, 1.165) is 25.8 Å². The molecule has 0 heterocycles. The Morgan fingerprint density at radius 3 is 2.56 bits per heavy atom. The summed E-state index contributed by atoms with van der Waals surface area (Å²) in [4.78, 5) is 13.7. The van der Waals surface area contributed by atoms with Gasteiger partial charge in [-0.1, -0.05) is 6.42 Å². The molecule has 1 aliphatic rings. The smallest absolute Gasteiger partial charge is 0.307 e. The molecule has 0 spiro atoms. The third-order valence-corrected chi connectivity index (χ3v) is 3.28. The van der Waals surface area contributed by atoms with Gasteiger partial charge in [-0.2, -0.15) is 0 Å². The van der Waals surface area contributed by atoms with Gasteiger partial charge in [-0.25, -0.2) is 0 Å². The number of ether oxygens (including phenoxy) is 1. The van der Waals surface area contributed by atoms with E-state index in [-0.39, 0.29) is 12.1 Å². The molecule has 0 aromatic heterocycles. The van der Waals surface area contributed by atoms with E-state index in [1.807, 2.05) is 27.8 Å². The van der Waals surface area contributed by atoms with Crippen molar-refractivity contribution in [2.45, 2.75) is 58.2 Å². The summed E-state index contributed by atoms with van der Waals surface area (Å²) in [6, 6.07) is 0. The van der Waals surface area contributed by atoms with Crippen molar-refractivity contribution in [2.75, 3.05) is 20.1 Å². The van der Waals surface area contributed by atoms with Gasteiger partial charge >= 0.3 is 5.97 Å². The van der Waals surface area contributed by atoms with Gasteiger partial charge in [-0.3, -0.25) is 4.79 Å². The summed E-state index contributed by atoms with van der Waals surface area (Å²) in [5.74, 6) is 0.218. The van der Waals surface area contributed by atoms with Crippen molar-refractivity contribution in [1.82, 2.24) is 4.90 Å². The molecular weight excluding hydrogens is 230 g/mol. The number of carbonyl (C=O) groups excluding carboxylic acids is 1. The lowest BCUT2D eigenvalue weighted by atomic mass is 10.1. The number of rotatable bonds is 5. The van der Waals surface area contributed by atoms with Crippen LogP contribution in [0.1, 0.15) is 46.5 Å². The van der Waals surface area contributed by atoms with Gasteiger partial charge in [0, 0.05) is 13.1 Å². The second-order valence-corrected chi connectivity index (χ2v) is 6.36. The Morgan fingerprint density at radius 2 is 2.06 bits per heavy atom. The van der Waals surface area contributed by atoms with Gasteiger partial charge in [0.25, 0.3) is 0 Å². The molecule has 2 atom stereocenters. The SMILES string of the molecule is CN(CCC(=O)OC(C)(C)C)CC1CCCC1O. The van der Waals surface area contributed by atoms with Gasteiger partial charge < -0.3 is 14.7 Å². The lowest BCUT2D eigenvalue weighted by Gasteiger charge is -2.24. The van der Waals surface area contributed by atoms with Crippen molar-refractivity contribution in [3.05, 3.63) is 0 Å². The van der Waals surface area contributed by atoms with Crippen molar-refractivity contribution in [1.29, 1.82) is 0 Å². The minimum atomic E-state index is -0.405. The van der Waals surface area contributed by atoms with Crippen molar-refractivity contribution >= 4 is 5.97 Å². The fourth-order valence-corrected chi connectivity index (χ4v) is 2.40. The number of hydrogen-bond donors (Lipinski definition) is 1. The molecule has 0 aliphatic heterocycles. The monoisotopic (exact) mass is 257 g/mol. The van der Waals surface area contributed by atoms with Gasteiger partial charge in [0.1, 0.15) is 5.60 Å². The average molecular weight is 257 g/mol. The van der Waals surface area contributed by atoms with Crippen LogP contribution in [0.5, 0.6) is 0 Å². The van der Waals surface area contributed by atoms with E-state index in [1.54, 1.807) is 0 Å². The molecule has 2 unspecified atom stereocenters. The highest BCUT2D eigenvalue weighted by atomic mass is 16.6. The first kappa shape index (κ1) is 15.4. The first-order valence-electron chi connectivity index (χ1n) is 6.86. The molecular formula is C14H27NO3. The summed E-state index contributed by atoms with van der Waals surface area (Å²) in [6.45, 7) is 7.19. The second-order valence-electron chi connectivity index (χ2n) is 6.36. The van der Waals surface area contributed by atoms with Crippen LogP contribution in [0.4, 0.5) is 0 Å². The van der Waals surface area contributed by atoms with E-state index in [0.29, 0.717) is 18.9 Å². The third kappa shape index (κ3) is 5.83. The molecule has 0 radical (unpaired) electrons. The fourth-order valence-electron chi connectivity index (χ4n) is 2.40. The molecule has 4 nitrogen and oxygen atoms in total. The van der Waals surface area contributed by atoms with Crippen molar-refractivity contribution in [3.8, 4) is 0 Å². The Hall–Kier alpha value is -0.610. The quantitative estimate of drug-likeness (QED) is 0.763. The van der Waals surface area contributed by atoms with Gasteiger partial charge in [0.05, 0.1) is 12.5 Å². The Morgan fingerprint density at radius 1 is 1.39 bits per heavy atom. The van der Waals surface area contributed by atoms with Crippen LogP contribution in [0.3, 0.4) is 0 Å². The largest absolute Gasteiger partial charge is 0.460 e. The molecule has 106 valence electrons. The van der Waals surface area contributed by atoms with Crippen LogP contribution < -0.4 is 0 Å². The Kier molecular flexibility index (Phi) is 5.60. The topological polar surface area (TPSA) is 49.8 Å². The van der Waals surface area contributed by atoms with E-state index in [2.05, 4.69) is 4.90 Å². The molecule has 0 saturated heterocycles. The standard InChI is InChI=1S/C14H27NO3/c1-14(2,3)18-13(17)8-9-15(4)10-11-6-5-7-12(11)16/h11-12,16H,5-10H2,1-4H3. The highest BCUT2D eigenvalue weighted by molar-refractivity contribution is 5.70. The fraction of sp³-hybridized carbons (Fsp3) is 0.929. The van der Waals surface area contributed by atoms with Crippen molar-refractivity contribution < 1.29 is 14.6 Å². The minimum absolute atomic E-state index is 0.152. The highest BCUT2D eigenvalue weighted by Crippen LogP contribution is 2.25. The molecule has 1 saturated carbocycles. The predicted octanol–water partition coefficient (Wildman–Crippen LogP) is 1.81. The first-order valence-corrected chi connectivity index (χ1v) is 6.86. The van der Waals surface area contributed by atoms with Crippen LogP contribution >= 0.6 is 0 Å². The Balaban J connectivity index is 2.20. The first-order chi connectivity index (χ1) is 8.28. The van der Waals surface area contributed by atoms with Crippen LogP contribution in [0, 0.1) is 5.92 Å². The van der Waals surface area contributed by atoms with Crippen LogP contribution in [0.2, 0.25) is 0 Å². The summed E-state index contributed by atoms with van der Waals surface area (Å²) in [5.41, 5.74) is -0.405. The van der Waals surface area contributed by atoms with E-state index in [9.17, 15) is 9.90 Å². The molecule has 1 fully saturated rings. The van der Waals surface area contributed by atoms with Crippen LogP contribution in [0.25, 0.3) is 0 Å². The van der Waals surface area contributed by atoms with Crippen LogP contribution in [-0.2, 0) is 9.53 Å². The van der Waals surface area contributed by atoms with Gasteiger partial charge in [0.2, 0.25) is 0 Å². The second kappa shape index (κ2) is 6.53. The highest BCUT2D eigenvalue weighted by Gasteiger charge is 2.26. The van der Waals surface area contributed by atoms with E-state index in [4.69, 9.17) is 4.74 Å². The van der Waals surface area contributed by atoms with Gasteiger partial charge in [-0.15, -0.1) is 0 Å². The maximum Gasteiger partial charge on any atom is 0.307 e. The summed E-state index contributed by atoms with van der Waals surface area (Å²) in [6.07, 6.45) is 3.39. The molecule has 18 heavy (non-hydrogen) atoms. The molecule has 0 aromatic carbocycles. The zero-order valence-electron chi connectivity index (χ0n) is 12.1. The molecule has 0 aromatic rings. The van der Waals surface area contributed by atoms with E-state index >= 15 is 0 Å². The maximum atomic E-state index is 11.6. The lowest BCUT2D eigenvalue weighted by molar-refractivity contribution is -0.155. The summed E-state index contributed by atoms with van der Waals surface area (Å²) >= 11 is 0. The number of esters is 1. The van der Waals surface area contributed by atoms with E-state index in [1.165, 1.54) is 0 Å². The molecule has 4 heteroatoms. The maximum absolute atomic E-state index is 11.6. The Labute approximate surface area is 110 Å². The average Bonchev–Trinajstić information content (AvgIpc) is 2.59. The summed E-state index contributed by atoms with van der Waals surface area (Å²) in [5, 5.41) is 9.75. The molecule has 1 rings (SSSR count). The molecule has 1 aliphatic carbocycles. The minimum Gasteiger partial charge on any atom is -0.460 e. The number of aliphatic hydroxyl groups excluding tert-OH is 1. The van der Waals surface area contributed by atoms with Crippen molar-refractivity contribution in [2.24, 2.45) is 5.92 Å². The molecule has 0 bridgehead atoms. The number of nitrogens with zero attached hydrogens (tertiary/aromatic N) is 1. The summed E-state index contributed by atoms with van der Waals surface area (Å²) in [7, 11) is 2.00. The summed E-state index contributed by atoms with van der Waals surface area (Å²) < 4.78 is 5.26.